The Bertz CT molecular complexity index is 442. The molecule has 0 bridgehead atoms. The maximum atomic E-state index is 11.7. The van der Waals surface area contributed by atoms with Crippen molar-refractivity contribution in [3.8, 4) is 0 Å². The van der Waals surface area contributed by atoms with Crippen LogP contribution >= 0.6 is 0 Å². The minimum Gasteiger partial charge on any atom is -0.354 e. The molecule has 1 aromatic carbocycles. The Kier molecular flexibility index (Phi) is 5.55. The van der Waals surface area contributed by atoms with Gasteiger partial charge in [-0.15, -0.1) is 0 Å². The van der Waals surface area contributed by atoms with E-state index in [1.165, 1.54) is 5.56 Å². The third kappa shape index (κ3) is 4.66. The van der Waals surface area contributed by atoms with Crippen LogP contribution in [0.5, 0.6) is 0 Å². The largest absolute Gasteiger partial charge is 0.354 e. The molecule has 2 amide bonds. The van der Waals surface area contributed by atoms with Crippen LogP contribution in [-0.2, 0) is 16.0 Å². The summed E-state index contributed by atoms with van der Waals surface area (Å²) in [6, 6.07) is 9.98. The molecule has 1 atom stereocenters. The van der Waals surface area contributed by atoms with Gasteiger partial charge in [-0.25, -0.2) is 0 Å². The van der Waals surface area contributed by atoms with Crippen LogP contribution in [0.4, 0.5) is 0 Å². The molecule has 1 unspecified atom stereocenters. The summed E-state index contributed by atoms with van der Waals surface area (Å²) >= 11 is 0. The summed E-state index contributed by atoms with van der Waals surface area (Å²) in [4.78, 5) is 23.3. The van der Waals surface area contributed by atoms with Crippen LogP contribution in [0.1, 0.15) is 12.0 Å². The standard InChI is InChI=1S/C15H21N3O2/c19-14(11-18-15(20)13-7-8-16-10-13)17-9-6-12-4-2-1-3-5-12/h1-5,13,16H,6-11H2,(H,17,19)(H,18,20). The molecule has 108 valence electrons. The summed E-state index contributed by atoms with van der Waals surface area (Å²) in [5.41, 5.74) is 1.19. The molecular formula is C15H21N3O2. The fraction of sp³-hybridized carbons (Fsp3) is 0.467. The van der Waals surface area contributed by atoms with Gasteiger partial charge in [-0.2, -0.15) is 0 Å². The average Bonchev–Trinajstić information content (AvgIpc) is 3.00. The number of hydrogen-bond donors (Lipinski definition) is 3. The van der Waals surface area contributed by atoms with E-state index in [9.17, 15) is 9.59 Å². The highest BCUT2D eigenvalue weighted by molar-refractivity contribution is 5.86. The van der Waals surface area contributed by atoms with Gasteiger partial charge < -0.3 is 16.0 Å². The van der Waals surface area contributed by atoms with Crippen LogP contribution in [0, 0.1) is 5.92 Å². The lowest BCUT2D eigenvalue weighted by atomic mass is 10.1. The van der Waals surface area contributed by atoms with Gasteiger partial charge in [0.15, 0.2) is 0 Å². The average molecular weight is 275 g/mol. The minimum absolute atomic E-state index is 0.00659. The molecule has 1 fully saturated rings. The Labute approximate surface area is 119 Å². The summed E-state index contributed by atoms with van der Waals surface area (Å²) < 4.78 is 0. The summed E-state index contributed by atoms with van der Waals surface area (Å²) in [7, 11) is 0. The fourth-order valence-corrected chi connectivity index (χ4v) is 2.24. The highest BCUT2D eigenvalue weighted by Gasteiger charge is 2.22. The highest BCUT2D eigenvalue weighted by Crippen LogP contribution is 2.06. The zero-order valence-corrected chi connectivity index (χ0v) is 11.5. The molecule has 1 heterocycles. The van der Waals surface area contributed by atoms with Gasteiger partial charge >= 0.3 is 0 Å². The fourth-order valence-electron chi connectivity index (χ4n) is 2.24. The van der Waals surface area contributed by atoms with Crippen LogP contribution in [-0.4, -0.2) is 38.0 Å². The first-order valence-corrected chi connectivity index (χ1v) is 7.05. The Hall–Kier alpha value is -1.88. The number of benzene rings is 1. The van der Waals surface area contributed by atoms with Gasteiger partial charge in [0.05, 0.1) is 12.5 Å². The number of carbonyl (C=O) groups excluding carboxylic acids is 2. The van der Waals surface area contributed by atoms with E-state index in [4.69, 9.17) is 0 Å². The van der Waals surface area contributed by atoms with Gasteiger partial charge in [0.1, 0.15) is 0 Å². The first-order chi connectivity index (χ1) is 9.75. The zero-order valence-electron chi connectivity index (χ0n) is 11.5. The van der Waals surface area contributed by atoms with Gasteiger partial charge in [-0.05, 0) is 24.9 Å². The molecule has 0 aliphatic carbocycles. The predicted molar refractivity (Wildman–Crippen MR) is 77.1 cm³/mol. The summed E-state index contributed by atoms with van der Waals surface area (Å²) in [6.07, 6.45) is 1.65. The molecule has 5 heteroatoms. The second-order valence-corrected chi connectivity index (χ2v) is 4.99. The van der Waals surface area contributed by atoms with Crippen molar-refractivity contribution < 1.29 is 9.59 Å². The smallest absolute Gasteiger partial charge is 0.239 e. The Balaban J connectivity index is 1.59. The van der Waals surface area contributed by atoms with E-state index in [0.29, 0.717) is 13.1 Å². The molecule has 1 saturated heterocycles. The first kappa shape index (κ1) is 14.5. The Morgan fingerprint density at radius 3 is 2.70 bits per heavy atom. The van der Waals surface area contributed by atoms with Gasteiger partial charge in [0, 0.05) is 13.1 Å². The molecule has 1 aliphatic heterocycles. The van der Waals surface area contributed by atoms with Gasteiger partial charge in [0.2, 0.25) is 11.8 Å². The summed E-state index contributed by atoms with van der Waals surface area (Å²) in [5, 5.41) is 8.62. The third-order valence-electron chi connectivity index (χ3n) is 3.43. The molecule has 5 nitrogen and oxygen atoms in total. The highest BCUT2D eigenvalue weighted by atomic mass is 16.2. The topological polar surface area (TPSA) is 70.2 Å². The lowest BCUT2D eigenvalue weighted by molar-refractivity contribution is -0.128. The molecule has 0 radical (unpaired) electrons. The third-order valence-corrected chi connectivity index (χ3v) is 3.43. The van der Waals surface area contributed by atoms with Crippen LogP contribution in [0.25, 0.3) is 0 Å². The molecule has 0 spiro atoms. The van der Waals surface area contributed by atoms with E-state index < -0.39 is 0 Å². The van der Waals surface area contributed by atoms with Crippen LogP contribution in [0.15, 0.2) is 30.3 Å². The van der Waals surface area contributed by atoms with E-state index in [1.54, 1.807) is 0 Å². The second-order valence-electron chi connectivity index (χ2n) is 4.99. The SMILES string of the molecule is O=C(CNC(=O)C1CCNC1)NCCc1ccccc1. The lowest BCUT2D eigenvalue weighted by Gasteiger charge is -2.10. The van der Waals surface area contributed by atoms with Crippen LogP contribution in [0.2, 0.25) is 0 Å². The Morgan fingerprint density at radius 1 is 1.20 bits per heavy atom. The molecular weight excluding hydrogens is 254 g/mol. The monoisotopic (exact) mass is 275 g/mol. The van der Waals surface area contributed by atoms with Crippen molar-refractivity contribution >= 4 is 11.8 Å². The predicted octanol–water partition coefficient (Wildman–Crippen LogP) is 0.0710. The maximum absolute atomic E-state index is 11.7. The number of nitrogens with one attached hydrogen (secondary N) is 3. The van der Waals surface area contributed by atoms with Gasteiger partial charge in [-0.3, -0.25) is 9.59 Å². The lowest BCUT2D eigenvalue weighted by Crippen LogP contribution is -2.40. The van der Waals surface area contributed by atoms with Crippen LogP contribution < -0.4 is 16.0 Å². The quantitative estimate of drug-likeness (QED) is 0.688. The maximum Gasteiger partial charge on any atom is 0.239 e. The van der Waals surface area contributed by atoms with E-state index in [-0.39, 0.29) is 24.3 Å². The van der Waals surface area contributed by atoms with E-state index in [1.807, 2.05) is 30.3 Å². The van der Waals surface area contributed by atoms with Crippen molar-refractivity contribution in [1.29, 1.82) is 0 Å². The number of amides is 2. The number of rotatable bonds is 6. The van der Waals surface area contributed by atoms with Crippen molar-refractivity contribution in [2.24, 2.45) is 5.92 Å². The summed E-state index contributed by atoms with van der Waals surface area (Å²) in [5.74, 6) is -0.166. The Morgan fingerprint density at radius 2 is 2.00 bits per heavy atom. The molecule has 0 saturated carbocycles. The minimum atomic E-state index is -0.139. The zero-order chi connectivity index (χ0) is 14.2. The van der Waals surface area contributed by atoms with E-state index in [2.05, 4.69) is 16.0 Å². The van der Waals surface area contributed by atoms with Crippen LogP contribution in [0.3, 0.4) is 0 Å². The summed E-state index contributed by atoms with van der Waals surface area (Å²) in [6.45, 7) is 2.23. The molecule has 20 heavy (non-hydrogen) atoms. The van der Waals surface area contributed by atoms with Gasteiger partial charge in [0.25, 0.3) is 0 Å². The normalized spacial score (nSPS) is 17.7. The molecule has 3 N–H and O–H groups in total. The number of carbonyl (C=O) groups is 2. The molecule has 1 aliphatic rings. The van der Waals surface area contributed by atoms with Crippen molar-refractivity contribution in [2.45, 2.75) is 12.8 Å². The molecule has 1 aromatic rings. The van der Waals surface area contributed by atoms with Crippen molar-refractivity contribution in [3.05, 3.63) is 35.9 Å². The number of hydrogen-bond acceptors (Lipinski definition) is 3. The first-order valence-electron chi connectivity index (χ1n) is 7.05. The van der Waals surface area contributed by atoms with E-state index >= 15 is 0 Å². The molecule has 2 rings (SSSR count). The van der Waals surface area contributed by atoms with Crippen molar-refractivity contribution in [3.63, 3.8) is 0 Å². The second kappa shape index (κ2) is 7.65. The van der Waals surface area contributed by atoms with Gasteiger partial charge in [-0.1, -0.05) is 30.3 Å². The van der Waals surface area contributed by atoms with Crippen molar-refractivity contribution in [2.75, 3.05) is 26.2 Å². The molecule has 0 aromatic heterocycles. The van der Waals surface area contributed by atoms with E-state index in [0.717, 1.165) is 19.4 Å². The van der Waals surface area contributed by atoms with Crippen molar-refractivity contribution in [1.82, 2.24) is 16.0 Å².